The van der Waals surface area contributed by atoms with Crippen molar-refractivity contribution < 1.29 is 23.3 Å². The van der Waals surface area contributed by atoms with E-state index in [-0.39, 0.29) is 14.9 Å². The molecule has 0 saturated heterocycles. The summed E-state index contributed by atoms with van der Waals surface area (Å²) in [6.07, 6.45) is 26.1. The number of hydrogen-bond donors (Lipinski definition) is 0. The molecule has 4 rings (SSSR count). The molecule has 22 heavy (non-hydrogen) atoms. The Labute approximate surface area is 155 Å². The Morgan fingerprint density at radius 3 is 1.59 bits per heavy atom. The number of rotatable bonds is 0. The first-order valence-corrected chi connectivity index (χ1v) is 13.6. The number of fused-ring (bicyclic) bond motifs is 2. The molecule has 0 bridgehead atoms. The summed E-state index contributed by atoms with van der Waals surface area (Å²) in [5.74, 6) is 1.77. The summed E-state index contributed by atoms with van der Waals surface area (Å²) in [4.78, 5) is 0. The van der Waals surface area contributed by atoms with Crippen LogP contribution in [0.25, 0.3) is 0 Å². The van der Waals surface area contributed by atoms with Gasteiger partial charge >= 0.3 is 30.2 Å². The molecule has 2 fully saturated rings. The minimum atomic E-state index is 0. The van der Waals surface area contributed by atoms with Crippen molar-refractivity contribution in [2.75, 3.05) is 0 Å². The minimum absolute atomic E-state index is 0. The van der Waals surface area contributed by atoms with Gasteiger partial charge in [-0.25, -0.2) is 36.1 Å². The van der Waals surface area contributed by atoms with Crippen molar-refractivity contribution in [3.8, 4) is 0 Å². The zero-order valence-electron chi connectivity index (χ0n) is 14.2. The van der Waals surface area contributed by atoms with E-state index in [0.717, 1.165) is 11.8 Å². The van der Waals surface area contributed by atoms with Gasteiger partial charge < -0.3 is 14.9 Å². The zero-order valence-corrected chi connectivity index (χ0v) is 18.1. The topological polar surface area (TPSA) is 0 Å². The Balaban J connectivity index is 0.000000334. The predicted octanol–water partition coefficient (Wildman–Crippen LogP) is 4.96. The molecule has 122 valence electrons. The van der Waals surface area contributed by atoms with Gasteiger partial charge in [-0.2, -0.15) is 0 Å². The fourth-order valence-corrected chi connectivity index (χ4v) is 3.33. The van der Waals surface area contributed by atoms with Crippen LogP contribution >= 0.6 is 0 Å². The number of hydrogen-bond acceptors (Lipinski definition) is 0. The number of allylic oxidation sites excluding steroid dienone is 8. The second-order valence-electron chi connectivity index (χ2n) is 5.62. The molecule has 0 aromatic heterocycles. The molecule has 2 heteroatoms. The van der Waals surface area contributed by atoms with E-state index in [1.54, 1.807) is 34.5 Å². The molecular formula is C20H30SiZr-4. The quantitative estimate of drug-likeness (QED) is 0.406. The van der Waals surface area contributed by atoms with Gasteiger partial charge in [0.2, 0.25) is 0 Å². The molecule has 4 aliphatic carbocycles. The molecule has 0 spiro atoms. The summed E-state index contributed by atoms with van der Waals surface area (Å²) in [6, 6.07) is 0. The summed E-state index contributed by atoms with van der Waals surface area (Å²) in [5, 5.41) is 0. The molecule has 2 saturated carbocycles. The third kappa shape index (κ3) is 6.13. The van der Waals surface area contributed by atoms with E-state index in [0.29, 0.717) is 0 Å². The van der Waals surface area contributed by atoms with Crippen LogP contribution in [0.15, 0.2) is 47.6 Å². The Bertz CT molecular complexity index is 391. The van der Waals surface area contributed by atoms with E-state index in [1.165, 1.54) is 38.5 Å². The first-order chi connectivity index (χ1) is 9.93. The van der Waals surface area contributed by atoms with Crippen LogP contribution in [-0.2, 0) is 23.3 Å². The zero-order chi connectivity index (χ0) is 14.2. The van der Waals surface area contributed by atoms with Crippen LogP contribution in [-0.4, -0.2) is 6.88 Å². The van der Waals surface area contributed by atoms with Gasteiger partial charge in [0.25, 0.3) is 0 Å². The molecule has 0 nitrogen and oxygen atoms in total. The summed E-state index contributed by atoms with van der Waals surface area (Å²) >= 11 is 1.58. The Kier molecular flexibility index (Phi) is 12.1. The summed E-state index contributed by atoms with van der Waals surface area (Å²) in [6.45, 7) is 1.95. The molecule has 0 aromatic rings. The van der Waals surface area contributed by atoms with Gasteiger partial charge in [-0.1, -0.05) is 12.8 Å². The van der Waals surface area contributed by atoms with E-state index in [9.17, 15) is 0 Å². The van der Waals surface area contributed by atoms with Gasteiger partial charge in [-0.15, -0.1) is 37.1 Å². The van der Waals surface area contributed by atoms with E-state index in [4.69, 9.17) is 0 Å². The molecule has 4 aliphatic rings. The monoisotopic (exact) mass is 388 g/mol. The van der Waals surface area contributed by atoms with E-state index >= 15 is 0 Å². The standard InChI is InChI=1S/2C9H11.2CH3.H2Si.Zr/c2*1-2-5-9-7-3-6-8(9)4-1;;;;/h2*1-2,4,6,9H,3,5,7H2;2*1H3;1H2;/q4*-1;;. The van der Waals surface area contributed by atoms with Crippen molar-refractivity contribution in [3.63, 3.8) is 0 Å². The van der Waals surface area contributed by atoms with E-state index in [2.05, 4.69) is 49.3 Å². The second-order valence-corrected chi connectivity index (χ2v) is 5.62. The molecule has 0 amide bonds. The first-order valence-electron chi connectivity index (χ1n) is 7.68. The van der Waals surface area contributed by atoms with Gasteiger partial charge in [0, 0.05) is 0 Å². The maximum atomic E-state index is 2.37. The van der Waals surface area contributed by atoms with Gasteiger partial charge in [0.1, 0.15) is 0 Å². The molecular weight excluding hydrogens is 360 g/mol. The van der Waals surface area contributed by atoms with Crippen LogP contribution < -0.4 is 0 Å². The normalized spacial score (nSPS) is 25.6. The molecule has 0 radical (unpaired) electrons. The molecule has 0 aliphatic heterocycles. The van der Waals surface area contributed by atoms with Gasteiger partial charge in [-0.3, -0.25) is 0 Å². The Hall–Kier alpha value is -0.200. The Morgan fingerprint density at radius 1 is 0.818 bits per heavy atom. The second kappa shape index (κ2) is 12.3. The molecule has 2 atom stereocenters. The SMILES string of the molecule is C1=CCC2CC[CH-]C2=C1.C1=CCC2CC[CH-]C2=C1.[CH3-].[CH3-].[SiH2]=[Zr]. The van der Waals surface area contributed by atoms with Crippen LogP contribution in [0.5, 0.6) is 0 Å². The Morgan fingerprint density at radius 2 is 1.23 bits per heavy atom. The third-order valence-corrected chi connectivity index (χ3v) is 4.42. The fourth-order valence-electron chi connectivity index (χ4n) is 3.33. The van der Waals surface area contributed by atoms with Crippen molar-refractivity contribution in [3.05, 3.63) is 75.3 Å². The first kappa shape index (κ1) is 21.8. The van der Waals surface area contributed by atoms with Crippen molar-refractivity contribution >= 4 is 6.88 Å². The van der Waals surface area contributed by atoms with Crippen molar-refractivity contribution in [2.45, 2.75) is 38.5 Å². The summed E-state index contributed by atoms with van der Waals surface area (Å²) in [7, 11) is 0. The van der Waals surface area contributed by atoms with Crippen LogP contribution in [0.4, 0.5) is 0 Å². The fraction of sp³-hybridized carbons (Fsp3) is 0.400. The van der Waals surface area contributed by atoms with Crippen molar-refractivity contribution in [1.82, 2.24) is 0 Å². The van der Waals surface area contributed by atoms with Gasteiger partial charge in [0.15, 0.2) is 0 Å². The van der Waals surface area contributed by atoms with Crippen LogP contribution in [0.3, 0.4) is 0 Å². The van der Waals surface area contributed by atoms with Crippen LogP contribution in [0.1, 0.15) is 38.5 Å². The molecule has 0 N–H and O–H groups in total. The van der Waals surface area contributed by atoms with Gasteiger partial charge in [0.05, 0.1) is 0 Å². The molecule has 0 heterocycles. The summed E-state index contributed by atoms with van der Waals surface area (Å²) in [5.41, 5.74) is 3.16. The molecule has 2 unspecified atom stereocenters. The average molecular weight is 390 g/mol. The van der Waals surface area contributed by atoms with Crippen LogP contribution in [0, 0.1) is 39.5 Å². The summed E-state index contributed by atoms with van der Waals surface area (Å²) < 4.78 is 0. The van der Waals surface area contributed by atoms with Gasteiger partial charge in [-0.05, 0) is 24.7 Å². The van der Waals surface area contributed by atoms with Crippen molar-refractivity contribution in [1.29, 1.82) is 0 Å². The predicted molar refractivity (Wildman–Crippen MR) is 99.1 cm³/mol. The molecule has 0 aromatic carbocycles. The van der Waals surface area contributed by atoms with E-state index in [1.807, 2.05) is 6.88 Å². The maximum absolute atomic E-state index is 2.37. The van der Waals surface area contributed by atoms with Crippen molar-refractivity contribution in [2.24, 2.45) is 11.8 Å². The van der Waals surface area contributed by atoms with Crippen LogP contribution in [0.2, 0.25) is 0 Å². The third-order valence-electron chi connectivity index (χ3n) is 4.42. The average Bonchev–Trinajstić information content (AvgIpc) is 3.18. The van der Waals surface area contributed by atoms with E-state index < -0.39 is 0 Å².